The third kappa shape index (κ3) is 3.08. The SMILES string of the molecule is COC(=O)C1C(c2ccc(OC)c(OC)c2OC)C2(C(=O)c3ccccc3C2=O)C2C=Cc3ccccc3N12. The van der Waals surface area contributed by atoms with Gasteiger partial charge < -0.3 is 23.8 Å². The predicted octanol–water partition coefficient (Wildman–Crippen LogP) is 4.32. The van der Waals surface area contributed by atoms with Gasteiger partial charge >= 0.3 is 5.97 Å². The lowest BCUT2D eigenvalue weighted by molar-refractivity contribution is -0.142. The Hall–Kier alpha value is -4.59. The molecule has 1 aliphatic carbocycles. The standard InChI is InChI=1S/C31H27NO7/c1-36-22-15-14-20(26(37-2)27(22)38-3)24-25(30(35)39-4)32-21-12-8-5-9-17(21)13-16-23(32)31(24)28(33)18-10-6-7-11-19(18)29(31)34/h5-16,23-25H,1-4H3. The number of ketones is 2. The van der Waals surface area contributed by atoms with Crippen molar-refractivity contribution in [3.8, 4) is 17.2 Å². The molecule has 8 heteroatoms. The van der Waals surface area contributed by atoms with Crippen LogP contribution in [0.1, 0.15) is 37.8 Å². The Morgan fingerprint density at radius 3 is 2.05 bits per heavy atom. The Bertz CT molecular complexity index is 1520. The second kappa shape index (κ2) is 9.01. The molecule has 3 aliphatic rings. The van der Waals surface area contributed by atoms with Gasteiger partial charge in [0.15, 0.2) is 23.1 Å². The lowest BCUT2D eigenvalue weighted by atomic mass is 9.64. The van der Waals surface area contributed by atoms with Gasteiger partial charge in [-0.3, -0.25) is 9.59 Å². The minimum Gasteiger partial charge on any atom is -0.493 e. The molecule has 3 aromatic carbocycles. The number of anilines is 1. The van der Waals surface area contributed by atoms with E-state index in [2.05, 4.69) is 0 Å². The van der Waals surface area contributed by atoms with Gasteiger partial charge in [0.1, 0.15) is 11.5 Å². The van der Waals surface area contributed by atoms with Gasteiger partial charge in [-0.25, -0.2) is 4.79 Å². The van der Waals surface area contributed by atoms with Gasteiger partial charge in [0, 0.05) is 28.3 Å². The highest BCUT2D eigenvalue weighted by Crippen LogP contribution is 2.62. The third-order valence-corrected chi connectivity index (χ3v) is 8.23. The van der Waals surface area contributed by atoms with Gasteiger partial charge in [-0.2, -0.15) is 0 Å². The van der Waals surface area contributed by atoms with E-state index in [4.69, 9.17) is 18.9 Å². The van der Waals surface area contributed by atoms with Crippen LogP contribution in [0.4, 0.5) is 5.69 Å². The molecule has 1 fully saturated rings. The third-order valence-electron chi connectivity index (χ3n) is 8.23. The summed E-state index contributed by atoms with van der Waals surface area (Å²) in [6.45, 7) is 0. The van der Waals surface area contributed by atoms with Crippen LogP contribution in [0.3, 0.4) is 0 Å². The van der Waals surface area contributed by atoms with Crippen LogP contribution in [0, 0.1) is 5.41 Å². The highest BCUT2D eigenvalue weighted by molar-refractivity contribution is 6.32. The number of para-hydroxylation sites is 1. The molecular weight excluding hydrogens is 498 g/mol. The first-order valence-corrected chi connectivity index (χ1v) is 12.6. The van der Waals surface area contributed by atoms with Gasteiger partial charge in [-0.05, 0) is 17.7 Å². The molecule has 6 rings (SSSR count). The Labute approximate surface area is 225 Å². The van der Waals surface area contributed by atoms with Crippen molar-refractivity contribution in [2.75, 3.05) is 33.3 Å². The van der Waals surface area contributed by atoms with Crippen molar-refractivity contribution >= 4 is 29.3 Å². The molecule has 3 unspecified atom stereocenters. The van der Waals surface area contributed by atoms with Crippen molar-refractivity contribution in [1.29, 1.82) is 0 Å². The molecule has 0 aromatic heterocycles. The van der Waals surface area contributed by atoms with E-state index in [9.17, 15) is 14.4 Å². The summed E-state index contributed by atoms with van der Waals surface area (Å²) < 4.78 is 22.3. The molecule has 0 N–H and O–H groups in total. The molecule has 3 aromatic rings. The van der Waals surface area contributed by atoms with Crippen LogP contribution in [0.5, 0.6) is 17.2 Å². The molecule has 39 heavy (non-hydrogen) atoms. The summed E-state index contributed by atoms with van der Waals surface area (Å²) in [5.41, 5.74) is 1.08. The van der Waals surface area contributed by atoms with Crippen molar-refractivity contribution in [2.24, 2.45) is 5.41 Å². The highest BCUT2D eigenvalue weighted by Gasteiger charge is 2.72. The summed E-state index contributed by atoms with van der Waals surface area (Å²) in [6, 6.07) is 16.1. The molecule has 198 valence electrons. The molecule has 1 spiro atoms. The number of esters is 1. The average molecular weight is 526 g/mol. The summed E-state index contributed by atoms with van der Waals surface area (Å²) >= 11 is 0. The van der Waals surface area contributed by atoms with Crippen molar-refractivity contribution in [1.82, 2.24) is 0 Å². The normalized spacial score (nSPS) is 21.8. The zero-order valence-corrected chi connectivity index (χ0v) is 22.0. The maximum Gasteiger partial charge on any atom is 0.329 e. The Morgan fingerprint density at radius 1 is 0.795 bits per heavy atom. The van der Waals surface area contributed by atoms with Gasteiger partial charge in [-0.15, -0.1) is 0 Å². The van der Waals surface area contributed by atoms with E-state index >= 15 is 0 Å². The number of nitrogens with zero attached hydrogens (tertiary/aromatic N) is 1. The van der Waals surface area contributed by atoms with Crippen LogP contribution in [-0.2, 0) is 9.53 Å². The average Bonchev–Trinajstić information content (AvgIpc) is 3.41. The lowest BCUT2D eigenvalue weighted by Crippen LogP contribution is -2.48. The van der Waals surface area contributed by atoms with Crippen molar-refractivity contribution in [3.63, 3.8) is 0 Å². The molecule has 0 amide bonds. The number of carbonyl (C=O) groups is 3. The highest BCUT2D eigenvalue weighted by atomic mass is 16.5. The van der Waals surface area contributed by atoms with Crippen molar-refractivity contribution in [3.05, 3.63) is 89.0 Å². The topological polar surface area (TPSA) is 91.4 Å². The van der Waals surface area contributed by atoms with Crippen LogP contribution in [0.25, 0.3) is 6.08 Å². The maximum absolute atomic E-state index is 14.6. The van der Waals surface area contributed by atoms with Gasteiger partial charge in [0.2, 0.25) is 5.75 Å². The smallest absolute Gasteiger partial charge is 0.329 e. The van der Waals surface area contributed by atoms with E-state index in [0.29, 0.717) is 28.2 Å². The van der Waals surface area contributed by atoms with Crippen molar-refractivity contribution in [2.45, 2.75) is 18.0 Å². The predicted molar refractivity (Wildman–Crippen MR) is 144 cm³/mol. The van der Waals surface area contributed by atoms with Gasteiger partial charge in [0.05, 0.1) is 34.5 Å². The zero-order valence-electron chi connectivity index (χ0n) is 22.0. The van der Waals surface area contributed by atoms with E-state index in [1.54, 1.807) is 36.4 Å². The number of hydrogen-bond donors (Lipinski definition) is 0. The summed E-state index contributed by atoms with van der Waals surface area (Å²) in [6.07, 6.45) is 3.76. The number of rotatable bonds is 5. The molecule has 2 heterocycles. The molecule has 0 saturated carbocycles. The minimum atomic E-state index is -1.67. The summed E-state index contributed by atoms with van der Waals surface area (Å²) in [5, 5.41) is 0. The van der Waals surface area contributed by atoms with Crippen LogP contribution in [0.15, 0.2) is 66.7 Å². The zero-order chi connectivity index (χ0) is 27.5. The van der Waals surface area contributed by atoms with E-state index in [1.165, 1.54) is 28.4 Å². The molecule has 1 saturated heterocycles. The number of carbonyl (C=O) groups excluding carboxylic acids is 3. The Kier molecular flexibility index (Phi) is 5.71. The minimum absolute atomic E-state index is 0.281. The first-order chi connectivity index (χ1) is 18.9. The Balaban J connectivity index is 1.72. The number of benzene rings is 3. The fourth-order valence-corrected chi connectivity index (χ4v) is 6.72. The fourth-order valence-electron chi connectivity index (χ4n) is 6.72. The number of Topliss-reactive ketones (excluding diaryl/α,β-unsaturated/α-hetero) is 2. The molecule has 2 aliphatic heterocycles. The van der Waals surface area contributed by atoms with Crippen LogP contribution in [-0.4, -0.2) is 58.1 Å². The first kappa shape index (κ1) is 24.7. The van der Waals surface area contributed by atoms with Gasteiger partial charge in [0.25, 0.3) is 0 Å². The van der Waals surface area contributed by atoms with Crippen LogP contribution in [0.2, 0.25) is 0 Å². The monoisotopic (exact) mass is 525 g/mol. The van der Waals surface area contributed by atoms with Crippen LogP contribution >= 0.6 is 0 Å². The van der Waals surface area contributed by atoms with E-state index < -0.39 is 29.4 Å². The maximum atomic E-state index is 14.6. The van der Waals surface area contributed by atoms with E-state index in [-0.39, 0.29) is 17.3 Å². The first-order valence-electron chi connectivity index (χ1n) is 12.6. The quantitative estimate of drug-likeness (QED) is 0.359. The second-order valence-electron chi connectivity index (χ2n) is 9.71. The molecular formula is C31H27NO7. The summed E-state index contributed by atoms with van der Waals surface area (Å²) in [4.78, 5) is 44.8. The number of ether oxygens (including phenoxy) is 4. The van der Waals surface area contributed by atoms with Gasteiger partial charge in [-0.1, -0.05) is 60.7 Å². The molecule has 0 radical (unpaired) electrons. The summed E-state index contributed by atoms with van der Waals surface area (Å²) in [7, 11) is 5.78. The molecule has 0 bridgehead atoms. The number of methoxy groups -OCH3 is 4. The fraction of sp³-hybridized carbons (Fsp3) is 0.258. The summed E-state index contributed by atoms with van der Waals surface area (Å²) in [5.74, 6) is -1.23. The molecule has 8 nitrogen and oxygen atoms in total. The van der Waals surface area contributed by atoms with E-state index in [1.807, 2.05) is 41.3 Å². The largest absolute Gasteiger partial charge is 0.493 e. The lowest BCUT2D eigenvalue weighted by Gasteiger charge is -2.36. The van der Waals surface area contributed by atoms with Crippen LogP contribution < -0.4 is 19.1 Å². The number of hydrogen-bond acceptors (Lipinski definition) is 8. The number of fused-ring (bicyclic) bond motifs is 5. The van der Waals surface area contributed by atoms with E-state index in [0.717, 1.165) is 11.3 Å². The Morgan fingerprint density at radius 2 is 1.44 bits per heavy atom. The second-order valence-corrected chi connectivity index (χ2v) is 9.71. The van der Waals surface area contributed by atoms with Crippen molar-refractivity contribution < 1.29 is 33.3 Å². The molecule has 3 atom stereocenters.